The molecule has 3 nitrogen and oxygen atoms in total. The van der Waals surface area contributed by atoms with E-state index in [0.29, 0.717) is 31.0 Å². The highest BCUT2D eigenvalue weighted by molar-refractivity contribution is 5.78. The molecule has 3 heteroatoms. The Bertz CT molecular complexity index is 309. The summed E-state index contributed by atoms with van der Waals surface area (Å²) in [6.45, 7) is 5.26. The zero-order valence-corrected chi connectivity index (χ0v) is 14.0. The highest BCUT2D eigenvalue weighted by Crippen LogP contribution is 2.51. The molecule has 0 bridgehead atoms. The van der Waals surface area contributed by atoms with Crippen molar-refractivity contribution in [2.45, 2.75) is 65.2 Å². The van der Waals surface area contributed by atoms with Crippen LogP contribution in [-0.4, -0.2) is 26.3 Å². The molecule has 21 heavy (non-hydrogen) atoms. The first kappa shape index (κ1) is 16.8. The molecule has 0 aromatic carbocycles. The average molecular weight is 296 g/mol. The van der Waals surface area contributed by atoms with Crippen LogP contribution in [0.3, 0.4) is 0 Å². The summed E-state index contributed by atoms with van der Waals surface area (Å²) < 4.78 is 11.3. The Hall–Kier alpha value is -0.570. The van der Waals surface area contributed by atoms with E-state index in [1.807, 2.05) is 0 Å². The molecule has 2 aliphatic rings. The topological polar surface area (TPSA) is 35.5 Å². The molecule has 2 rings (SSSR count). The monoisotopic (exact) mass is 296 g/mol. The predicted molar refractivity (Wildman–Crippen MR) is 84.0 cm³/mol. The fourth-order valence-corrected chi connectivity index (χ4v) is 4.46. The molecule has 2 saturated carbocycles. The molecular formula is C18H32O3. The van der Waals surface area contributed by atoms with Crippen LogP contribution in [0.15, 0.2) is 0 Å². The zero-order chi connectivity index (χ0) is 15.3. The lowest BCUT2D eigenvalue weighted by atomic mass is 9.65. The maximum atomic E-state index is 13.0. The van der Waals surface area contributed by atoms with Gasteiger partial charge in [-0.05, 0) is 43.4 Å². The molecule has 0 aliphatic heterocycles. The minimum atomic E-state index is -0.378. The van der Waals surface area contributed by atoms with Crippen molar-refractivity contribution in [1.29, 1.82) is 0 Å². The summed E-state index contributed by atoms with van der Waals surface area (Å²) in [6.07, 6.45) is 9.65. The van der Waals surface area contributed by atoms with Crippen molar-refractivity contribution in [3.8, 4) is 0 Å². The van der Waals surface area contributed by atoms with Crippen LogP contribution in [0.4, 0.5) is 0 Å². The number of rotatable bonds is 7. The van der Waals surface area contributed by atoms with Crippen molar-refractivity contribution in [2.24, 2.45) is 23.2 Å². The Morgan fingerprint density at radius 2 is 1.52 bits per heavy atom. The number of ether oxygens (including phenoxy) is 2. The molecule has 0 amide bonds. The third kappa shape index (κ3) is 3.61. The Kier molecular flexibility index (Phi) is 6.09. The van der Waals surface area contributed by atoms with E-state index in [1.165, 1.54) is 25.7 Å². The van der Waals surface area contributed by atoms with Crippen LogP contribution in [0.5, 0.6) is 0 Å². The smallest absolute Gasteiger partial charge is 0.315 e. The van der Waals surface area contributed by atoms with Crippen LogP contribution in [0, 0.1) is 23.2 Å². The van der Waals surface area contributed by atoms with E-state index in [1.54, 1.807) is 7.11 Å². The molecule has 122 valence electrons. The molecule has 0 spiro atoms. The van der Waals surface area contributed by atoms with Crippen molar-refractivity contribution in [1.82, 2.24) is 0 Å². The van der Waals surface area contributed by atoms with Gasteiger partial charge in [0, 0.05) is 7.11 Å². The van der Waals surface area contributed by atoms with Crippen LogP contribution in [0.2, 0.25) is 0 Å². The van der Waals surface area contributed by atoms with Gasteiger partial charge in [0.05, 0.1) is 18.6 Å². The quantitative estimate of drug-likeness (QED) is 0.661. The summed E-state index contributed by atoms with van der Waals surface area (Å²) in [5, 5.41) is 0. The van der Waals surface area contributed by atoms with Gasteiger partial charge < -0.3 is 9.47 Å². The number of methoxy groups -OCH3 is 1. The number of carbonyl (C=O) groups is 1. The Labute approximate surface area is 129 Å². The first-order chi connectivity index (χ1) is 10.1. The van der Waals surface area contributed by atoms with Crippen LogP contribution in [0.1, 0.15) is 65.2 Å². The standard InChI is InChI=1S/C18H32O3/c1-14(2)12-21-17(19)18(13-20-3,15-8-4-5-9-15)16-10-6-7-11-16/h14-16H,4-13H2,1-3H3. The summed E-state index contributed by atoms with van der Waals surface area (Å²) in [5.74, 6) is 1.33. The highest BCUT2D eigenvalue weighted by Gasteiger charge is 2.53. The second-order valence-electron chi connectivity index (χ2n) is 7.43. The van der Waals surface area contributed by atoms with Crippen LogP contribution in [0.25, 0.3) is 0 Å². The van der Waals surface area contributed by atoms with E-state index in [9.17, 15) is 4.79 Å². The molecule has 0 N–H and O–H groups in total. The van der Waals surface area contributed by atoms with Crippen molar-refractivity contribution >= 4 is 5.97 Å². The van der Waals surface area contributed by atoms with Crippen molar-refractivity contribution in [2.75, 3.05) is 20.3 Å². The van der Waals surface area contributed by atoms with Gasteiger partial charge in [-0.1, -0.05) is 39.5 Å². The van der Waals surface area contributed by atoms with E-state index >= 15 is 0 Å². The summed E-state index contributed by atoms with van der Waals surface area (Å²) in [4.78, 5) is 13.0. The van der Waals surface area contributed by atoms with Gasteiger partial charge in [0.2, 0.25) is 0 Å². The van der Waals surface area contributed by atoms with Crippen molar-refractivity contribution < 1.29 is 14.3 Å². The van der Waals surface area contributed by atoms with Crippen LogP contribution >= 0.6 is 0 Å². The van der Waals surface area contributed by atoms with E-state index in [2.05, 4.69) is 13.8 Å². The van der Waals surface area contributed by atoms with Crippen molar-refractivity contribution in [3.63, 3.8) is 0 Å². The molecule has 0 saturated heterocycles. The third-order valence-electron chi connectivity index (χ3n) is 5.48. The van der Waals surface area contributed by atoms with Gasteiger partial charge in [-0.15, -0.1) is 0 Å². The summed E-state index contributed by atoms with van der Waals surface area (Å²) >= 11 is 0. The predicted octanol–water partition coefficient (Wildman–Crippen LogP) is 4.20. The summed E-state index contributed by atoms with van der Waals surface area (Å²) in [7, 11) is 1.73. The lowest BCUT2D eigenvalue weighted by molar-refractivity contribution is -0.171. The van der Waals surface area contributed by atoms with Crippen LogP contribution in [-0.2, 0) is 14.3 Å². The number of hydrogen-bond donors (Lipinski definition) is 0. The number of carbonyl (C=O) groups excluding carboxylic acids is 1. The Morgan fingerprint density at radius 3 is 1.90 bits per heavy atom. The molecule has 0 aromatic rings. The summed E-state index contributed by atoms with van der Waals surface area (Å²) in [5.41, 5.74) is -0.378. The van der Waals surface area contributed by atoms with Gasteiger partial charge in [-0.3, -0.25) is 4.79 Å². The van der Waals surface area contributed by atoms with Gasteiger partial charge >= 0.3 is 5.97 Å². The van der Waals surface area contributed by atoms with E-state index in [4.69, 9.17) is 9.47 Å². The maximum absolute atomic E-state index is 13.0. The van der Waals surface area contributed by atoms with Crippen LogP contribution < -0.4 is 0 Å². The summed E-state index contributed by atoms with van der Waals surface area (Å²) in [6, 6.07) is 0. The molecule has 0 heterocycles. The molecule has 2 aliphatic carbocycles. The molecule has 2 fully saturated rings. The first-order valence-electron chi connectivity index (χ1n) is 8.77. The molecule has 0 aromatic heterocycles. The lowest BCUT2D eigenvalue weighted by Crippen LogP contribution is -2.48. The first-order valence-corrected chi connectivity index (χ1v) is 8.77. The van der Waals surface area contributed by atoms with E-state index in [-0.39, 0.29) is 11.4 Å². The zero-order valence-electron chi connectivity index (χ0n) is 14.0. The lowest BCUT2D eigenvalue weighted by Gasteiger charge is -2.41. The van der Waals surface area contributed by atoms with Gasteiger partial charge in [-0.25, -0.2) is 0 Å². The fraction of sp³-hybridized carbons (Fsp3) is 0.944. The minimum absolute atomic E-state index is 0.0249. The third-order valence-corrected chi connectivity index (χ3v) is 5.48. The van der Waals surface area contributed by atoms with E-state index < -0.39 is 0 Å². The molecule has 0 atom stereocenters. The largest absolute Gasteiger partial charge is 0.465 e. The SMILES string of the molecule is COCC(C(=O)OCC(C)C)(C1CCCC1)C1CCCC1. The van der Waals surface area contributed by atoms with Gasteiger partial charge in [0.1, 0.15) is 0 Å². The van der Waals surface area contributed by atoms with Gasteiger partial charge in [-0.2, -0.15) is 0 Å². The molecular weight excluding hydrogens is 264 g/mol. The second kappa shape index (κ2) is 7.62. The van der Waals surface area contributed by atoms with Gasteiger partial charge in [0.25, 0.3) is 0 Å². The number of esters is 1. The normalized spacial score (nSPS) is 21.3. The Balaban J connectivity index is 2.22. The number of hydrogen-bond acceptors (Lipinski definition) is 3. The molecule has 0 radical (unpaired) electrons. The van der Waals surface area contributed by atoms with Crippen molar-refractivity contribution in [3.05, 3.63) is 0 Å². The van der Waals surface area contributed by atoms with E-state index in [0.717, 1.165) is 25.7 Å². The maximum Gasteiger partial charge on any atom is 0.315 e. The highest BCUT2D eigenvalue weighted by atomic mass is 16.5. The second-order valence-corrected chi connectivity index (χ2v) is 7.43. The minimum Gasteiger partial charge on any atom is -0.465 e. The Morgan fingerprint density at radius 1 is 1.05 bits per heavy atom. The average Bonchev–Trinajstić information content (AvgIpc) is 3.14. The molecule has 0 unspecified atom stereocenters. The fourth-order valence-electron chi connectivity index (χ4n) is 4.46. The van der Waals surface area contributed by atoms with Gasteiger partial charge in [0.15, 0.2) is 0 Å².